The van der Waals surface area contributed by atoms with Crippen LogP contribution < -0.4 is 10.1 Å². The van der Waals surface area contributed by atoms with Gasteiger partial charge >= 0.3 is 0 Å². The molecule has 0 bridgehead atoms. The molecule has 2 heterocycles. The van der Waals surface area contributed by atoms with Crippen molar-refractivity contribution in [1.29, 1.82) is 0 Å². The first-order valence-corrected chi connectivity index (χ1v) is 10.3. The average molecular weight is 375 g/mol. The zero-order valence-corrected chi connectivity index (χ0v) is 16.0. The van der Waals surface area contributed by atoms with Gasteiger partial charge in [0, 0.05) is 24.8 Å². The Hall–Kier alpha value is -2.12. The Bertz CT molecular complexity index is 831. The highest BCUT2D eigenvalue weighted by atomic mass is 32.2. The average Bonchev–Trinajstić information content (AvgIpc) is 2.69. The molecule has 0 amide bonds. The van der Waals surface area contributed by atoms with Crippen LogP contribution in [0.5, 0.6) is 5.75 Å². The van der Waals surface area contributed by atoms with Gasteiger partial charge in [-0.1, -0.05) is 24.6 Å². The molecule has 140 valence electrons. The van der Waals surface area contributed by atoms with E-state index in [4.69, 9.17) is 4.74 Å². The van der Waals surface area contributed by atoms with Crippen LogP contribution in [0, 0.1) is 0 Å². The maximum atomic E-state index is 12.7. The van der Waals surface area contributed by atoms with Gasteiger partial charge in [-0.25, -0.2) is 13.4 Å². The van der Waals surface area contributed by atoms with Gasteiger partial charge in [0.25, 0.3) is 0 Å². The normalized spacial score (nSPS) is 16.8. The van der Waals surface area contributed by atoms with Crippen molar-refractivity contribution >= 4 is 15.8 Å². The molecule has 1 aromatic heterocycles. The molecule has 0 aliphatic carbocycles. The number of methoxy groups -OCH3 is 1. The molecule has 0 saturated carbocycles. The van der Waals surface area contributed by atoms with Gasteiger partial charge in [0.1, 0.15) is 16.5 Å². The molecule has 1 aromatic carbocycles. The Morgan fingerprint density at radius 3 is 2.50 bits per heavy atom. The van der Waals surface area contributed by atoms with Crippen LogP contribution in [0.1, 0.15) is 37.8 Å². The van der Waals surface area contributed by atoms with E-state index in [0.717, 1.165) is 30.6 Å². The van der Waals surface area contributed by atoms with Crippen molar-refractivity contribution in [3.05, 3.63) is 48.2 Å². The molecule has 1 N–H and O–H groups in total. The third kappa shape index (κ3) is 3.99. The highest BCUT2D eigenvalue weighted by Gasteiger charge is 2.26. The van der Waals surface area contributed by atoms with Crippen molar-refractivity contribution in [2.24, 2.45) is 0 Å². The van der Waals surface area contributed by atoms with Crippen molar-refractivity contribution in [2.75, 3.05) is 25.5 Å². The summed E-state index contributed by atoms with van der Waals surface area (Å²) in [5, 5.41) is 3.29. The van der Waals surface area contributed by atoms with Crippen molar-refractivity contribution in [3.63, 3.8) is 0 Å². The summed E-state index contributed by atoms with van der Waals surface area (Å²) in [6, 6.07) is 11.1. The van der Waals surface area contributed by atoms with Gasteiger partial charge < -0.3 is 10.1 Å². The summed E-state index contributed by atoms with van der Waals surface area (Å²) in [6.07, 6.45) is 4.36. The van der Waals surface area contributed by atoms with E-state index in [1.54, 1.807) is 23.5 Å². The molecule has 2 aromatic rings. The second kappa shape index (κ2) is 8.05. The van der Waals surface area contributed by atoms with E-state index in [2.05, 4.69) is 10.3 Å². The van der Waals surface area contributed by atoms with Crippen molar-refractivity contribution in [2.45, 2.75) is 37.1 Å². The first kappa shape index (κ1) is 18.7. The lowest BCUT2D eigenvalue weighted by Crippen LogP contribution is -2.35. The highest BCUT2D eigenvalue weighted by Crippen LogP contribution is 2.27. The Kier molecular flexibility index (Phi) is 5.78. The lowest BCUT2D eigenvalue weighted by atomic mass is 10.1. The number of piperidine rings is 1. The number of sulfonamides is 1. The molecule has 26 heavy (non-hydrogen) atoms. The van der Waals surface area contributed by atoms with E-state index in [0.29, 0.717) is 18.9 Å². The Morgan fingerprint density at radius 2 is 1.85 bits per heavy atom. The predicted octanol–water partition coefficient (Wildman–Crippen LogP) is 3.44. The van der Waals surface area contributed by atoms with E-state index < -0.39 is 10.0 Å². The highest BCUT2D eigenvalue weighted by molar-refractivity contribution is 7.89. The van der Waals surface area contributed by atoms with Crippen molar-refractivity contribution in [3.8, 4) is 5.75 Å². The summed E-state index contributed by atoms with van der Waals surface area (Å²) in [6.45, 7) is 3.19. The van der Waals surface area contributed by atoms with E-state index in [1.807, 2.05) is 31.2 Å². The van der Waals surface area contributed by atoms with Crippen LogP contribution in [0.25, 0.3) is 0 Å². The number of hydrogen-bond acceptors (Lipinski definition) is 5. The molecule has 1 saturated heterocycles. The number of para-hydroxylation sites is 1. The van der Waals surface area contributed by atoms with Crippen LogP contribution >= 0.6 is 0 Å². The Morgan fingerprint density at radius 1 is 1.12 bits per heavy atom. The standard InChI is InChI=1S/C19H25N3O3S/c1-15(17-8-4-5-9-18(17)25-2)21-19-11-10-16(14-20-19)26(23,24)22-12-6-3-7-13-22/h4-5,8-11,14-15H,3,6-7,12-13H2,1-2H3,(H,20,21). The largest absolute Gasteiger partial charge is 0.496 e. The molecule has 1 atom stereocenters. The van der Waals surface area contributed by atoms with Gasteiger partial charge in [0.2, 0.25) is 10.0 Å². The van der Waals surface area contributed by atoms with E-state index in [-0.39, 0.29) is 10.9 Å². The van der Waals surface area contributed by atoms with Crippen molar-refractivity contribution in [1.82, 2.24) is 9.29 Å². The number of hydrogen-bond donors (Lipinski definition) is 1. The first-order chi connectivity index (χ1) is 12.5. The fraction of sp³-hybridized carbons (Fsp3) is 0.421. The second-order valence-corrected chi connectivity index (χ2v) is 8.39. The number of anilines is 1. The topological polar surface area (TPSA) is 71.5 Å². The number of nitrogens with one attached hydrogen (secondary N) is 1. The minimum atomic E-state index is -3.45. The summed E-state index contributed by atoms with van der Waals surface area (Å²) >= 11 is 0. The maximum absolute atomic E-state index is 12.7. The first-order valence-electron chi connectivity index (χ1n) is 8.88. The molecule has 0 radical (unpaired) electrons. The van der Waals surface area contributed by atoms with Crippen molar-refractivity contribution < 1.29 is 13.2 Å². The lowest BCUT2D eigenvalue weighted by molar-refractivity contribution is 0.346. The number of rotatable bonds is 6. The van der Waals surface area contributed by atoms with Crippen LogP contribution in [0.4, 0.5) is 5.82 Å². The van der Waals surface area contributed by atoms with Crippen LogP contribution in [-0.4, -0.2) is 37.9 Å². The molecule has 0 spiro atoms. The van der Waals surface area contributed by atoms with E-state index in [9.17, 15) is 8.42 Å². The molecule has 1 fully saturated rings. The van der Waals surface area contributed by atoms with E-state index in [1.165, 1.54) is 6.20 Å². The molecule has 6 nitrogen and oxygen atoms in total. The van der Waals surface area contributed by atoms with Gasteiger partial charge in [-0.15, -0.1) is 0 Å². The molecule has 7 heteroatoms. The summed E-state index contributed by atoms with van der Waals surface area (Å²) in [4.78, 5) is 4.55. The third-order valence-corrected chi connectivity index (χ3v) is 6.54. The Labute approximate surface area is 155 Å². The molecule has 1 unspecified atom stereocenters. The number of ether oxygens (including phenoxy) is 1. The van der Waals surface area contributed by atoms with Gasteiger partial charge in [0.15, 0.2) is 0 Å². The smallest absolute Gasteiger partial charge is 0.244 e. The monoisotopic (exact) mass is 375 g/mol. The number of aromatic nitrogens is 1. The maximum Gasteiger partial charge on any atom is 0.244 e. The summed E-state index contributed by atoms with van der Waals surface area (Å²) in [5.74, 6) is 1.43. The minimum absolute atomic E-state index is 0.0248. The zero-order valence-electron chi connectivity index (χ0n) is 15.2. The third-order valence-electron chi connectivity index (χ3n) is 4.66. The number of benzene rings is 1. The van der Waals surface area contributed by atoms with E-state index >= 15 is 0 Å². The number of pyridine rings is 1. The Balaban J connectivity index is 1.73. The van der Waals surface area contributed by atoms with Crippen LogP contribution in [0.3, 0.4) is 0 Å². The minimum Gasteiger partial charge on any atom is -0.496 e. The zero-order chi connectivity index (χ0) is 18.6. The predicted molar refractivity (Wildman–Crippen MR) is 102 cm³/mol. The van der Waals surface area contributed by atoms with Crippen LogP contribution in [-0.2, 0) is 10.0 Å². The SMILES string of the molecule is COc1ccccc1C(C)Nc1ccc(S(=O)(=O)N2CCCCC2)cn1. The quantitative estimate of drug-likeness (QED) is 0.837. The molecular formula is C19H25N3O3S. The summed E-state index contributed by atoms with van der Waals surface area (Å²) in [7, 11) is -1.80. The molecule has 3 rings (SSSR count). The fourth-order valence-electron chi connectivity index (χ4n) is 3.20. The van der Waals surface area contributed by atoms with Crippen LogP contribution in [0.2, 0.25) is 0 Å². The van der Waals surface area contributed by atoms with Gasteiger partial charge in [0.05, 0.1) is 13.2 Å². The molecular weight excluding hydrogens is 350 g/mol. The van der Waals surface area contributed by atoms with Crippen LogP contribution in [0.15, 0.2) is 47.5 Å². The van der Waals surface area contributed by atoms with Gasteiger partial charge in [-0.05, 0) is 38.0 Å². The van der Waals surface area contributed by atoms with Gasteiger partial charge in [-0.3, -0.25) is 0 Å². The molecule has 1 aliphatic heterocycles. The summed E-state index contributed by atoms with van der Waals surface area (Å²) < 4.78 is 32.3. The lowest BCUT2D eigenvalue weighted by Gasteiger charge is -2.25. The molecule has 1 aliphatic rings. The fourth-order valence-corrected chi connectivity index (χ4v) is 4.66. The van der Waals surface area contributed by atoms with Gasteiger partial charge in [-0.2, -0.15) is 4.31 Å². The second-order valence-electron chi connectivity index (χ2n) is 6.45. The number of nitrogens with zero attached hydrogens (tertiary/aromatic N) is 2. The summed E-state index contributed by atoms with van der Waals surface area (Å²) in [5.41, 5.74) is 1.02.